The minimum atomic E-state index is -0.440. The summed E-state index contributed by atoms with van der Waals surface area (Å²) in [4.78, 5) is 15.4. The van der Waals surface area contributed by atoms with Gasteiger partial charge in [0.25, 0.3) is 0 Å². The maximum absolute atomic E-state index is 13.8. The van der Waals surface area contributed by atoms with E-state index in [0.29, 0.717) is 23.7 Å². The van der Waals surface area contributed by atoms with E-state index < -0.39 is 5.97 Å². The van der Waals surface area contributed by atoms with Crippen molar-refractivity contribution < 1.29 is 18.7 Å². The van der Waals surface area contributed by atoms with Crippen LogP contribution in [0.25, 0.3) is 11.1 Å². The lowest BCUT2D eigenvalue weighted by Crippen LogP contribution is -2.35. The Balaban J connectivity index is 1.59. The first-order valence-electron chi connectivity index (χ1n) is 9.15. The summed E-state index contributed by atoms with van der Waals surface area (Å²) in [5.74, 6) is -0.814. The molecule has 1 aromatic heterocycles. The van der Waals surface area contributed by atoms with Crippen LogP contribution in [-0.4, -0.2) is 32.3 Å². The Morgan fingerprint density at radius 2 is 1.79 bits per heavy atom. The molecule has 1 fully saturated rings. The van der Waals surface area contributed by atoms with Gasteiger partial charge in [0.2, 0.25) is 0 Å². The van der Waals surface area contributed by atoms with Gasteiger partial charge in [-0.15, -0.1) is 11.3 Å². The van der Waals surface area contributed by atoms with E-state index >= 15 is 0 Å². The van der Waals surface area contributed by atoms with E-state index in [1.807, 2.05) is 36.4 Å². The maximum atomic E-state index is 13.8. The highest BCUT2D eigenvalue weighted by atomic mass is 32.1. The summed E-state index contributed by atoms with van der Waals surface area (Å²) in [5, 5.41) is 1.03. The van der Waals surface area contributed by atoms with Crippen LogP contribution >= 0.6 is 11.3 Å². The van der Waals surface area contributed by atoms with Crippen molar-refractivity contribution in [1.82, 2.24) is 0 Å². The zero-order chi connectivity index (χ0) is 19.3. The van der Waals surface area contributed by atoms with Crippen LogP contribution in [0.5, 0.6) is 0 Å². The molecule has 4 rings (SSSR count). The maximum Gasteiger partial charge on any atom is 0.348 e. The summed E-state index contributed by atoms with van der Waals surface area (Å²) in [6.07, 6.45) is 0. The van der Waals surface area contributed by atoms with Gasteiger partial charge in [0.05, 0.1) is 18.2 Å². The molecular formula is C22H20FNO3S. The Bertz CT molecular complexity index is 951. The van der Waals surface area contributed by atoms with Gasteiger partial charge in [0.15, 0.2) is 0 Å². The van der Waals surface area contributed by atoms with E-state index in [1.165, 1.54) is 17.4 Å². The third kappa shape index (κ3) is 4.08. The predicted molar refractivity (Wildman–Crippen MR) is 108 cm³/mol. The van der Waals surface area contributed by atoms with Gasteiger partial charge in [-0.2, -0.15) is 0 Å². The molecule has 2 heterocycles. The number of nitrogens with zero attached hydrogens (tertiary/aromatic N) is 1. The third-order valence-corrected chi connectivity index (χ3v) is 5.79. The Kier molecular flexibility index (Phi) is 5.69. The summed E-state index contributed by atoms with van der Waals surface area (Å²) < 4.78 is 24.6. The number of esters is 1. The normalized spacial score (nSPS) is 14.1. The van der Waals surface area contributed by atoms with Gasteiger partial charge in [0.1, 0.15) is 17.3 Å². The average molecular weight is 397 g/mol. The van der Waals surface area contributed by atoms with Crippen molar-refractivity contribution in [3.63, 3.8) is 0 Å². The molecule has 0 aliphatic carbocycles. The van der Waals surface area contributed by atoms with E-state index in [-0.39, 0.29) is 12.4 Å². The second kappa shape index (κ2) is 8.54. The van der Waals surface area contributed by atoms with Gasteiger partial charge in [0, 0.05) is 24.2 Å². The molecule has 0 spiro atoms. The molecule has 2 aromatic carbocycles. The molecule has 0 atom stereocenters. The van der Waals surface area contributed by atoms with Crippen molar-refractivity contribution in [1.29, 1.82) is 0 Å². The molecule has 3 aromatic rings. The van der Waals surface area contributed by atoms with Crippen LogP contribution in [0.4, 0.5) is 9.39 Å². The Hall–Kier alpha value is -2.70. The topological polar surface area (TPSA) is 38.8 Å². The van der Waals surface area contributed by atoms with Gasteiger partial charge in [-0.05, 0) is 17.7 Å². The zero-order valence-corrected chi connectivity index (χ0v) is 16.1. The van der Waals surface area contributed by atoms with Crippen LogP contribution in [0, 0.1) is 5.82 Å². The van der Waals surface area contributed by atoms with E-state index in [4.69, 9.17) is 9.47 Å². The molecule has 6 heteroatoms. The number of benzene rings is 2. The summed E-state index contributed by atoms with van der Waals surface area (Å²) >= 11 is 1.41. The highest BCUT2D eigenvalue weighted by molar-refractivity contribution is 7.18. The van der Waals surface area contributed by atoms with Crippen molar-refractivity contribution >= 4 is 22.3 Å². The minimum absolute atomic E-state index is 0.0863. The fourth-order valence-electron chi connectivity index (χ4n) is 3.14. The van der Waals surface area contributed by atoms with Crippen LogP contribution in [0.1, 0.15) is 15.2 Å². The number of hydrogen-bond donors (Lipinski definition) is 0. The standard InChI is InChI=1S/C22H20FNO3S/c23-19-9-5-4-8-17(19)15-27-22(25)20-14-18(16-6-2-1-3-7-16)21(28-20)24-10-12-26-13-11-24/h1-9,14H,10-13,15H2. The molecule has 0 N–H and O–H groups in total. The number of hydrogen-bond acceptors (Lipinski definition) is 5. The molecular weight excluding hydrogens is 377 g/mol. The average Bonchev–Trinajstić information content (AvgIpc) is 3.20. The summed E-state index contributed by atoms with van der Waals surface area (Å²) in [5.41, 5.74) is 2.42. The van der Waals surface area contributed by atoms with E-state index in [2.05, 4.69) is 4.90 Å². The number of thiophene rings is 1. The highest BCUT2D eigenvalue weighted by Gasteiger charge is 2.22. The van der Waals surface area contributed by atoms with Gasteiger partial charge in [-0.1, -0.05) is 48.5 Å². The van der Waals surface area contributed by atoms with E-state index in [9.17, 15) is 9.18 Å². The quantitative estimate of drug-likeness (QED) is 0.583. The molecule has 1 saturated heterocycles. The van der Waals surface area contributed by atoms with Gasteiger partial charge < -0.3 is 14.4 Å². The first-order chi connectivity index (χ1) is 13.7. The Morgan fingerprint density at radius 1 is 1.07 bits per heavy atom. The number of morpholine rings is 1. The fraction of sp³-hybridized carbons (Fsp3) is 0.227. The summed E-state index contributed by atoms with van der Waals surface area (Å²) in [7, 11) is 0. The van der Waals surface area contributed by atoms with Crippen molar-refractivity contribution in [2.24, 2.45) is 0 Å². The lowest BCUT2D eigenvalue weighted by atomic mass is 10.1. The second-order valence-electron chi connectivity index (χ2n) is 6.46. The SMILES string of the molecule is O=C(OCc1ccccc1F)c1cc(-c2ccccc2)c(N2CCOCC2)s1. The molecule has 0 radical (unpaired) electrons. The fourth-order valence-corrected chi connectivity index (χ4v) is 4.26. The van der Waals surface area contributed by atoms with E-state index in [1.54, 1.807) is 18.2 Å². The Labute approximate surface area is 167 Å². The molecule has 0 saturated carbocycles. The third-order valence-electron chi connectivity index (χ3n) is 4.61. The van der Waals surface area contributed by atoms with Crippen LogP contribution in [0.2, 0.25) is 0 Å². The molecule has 0 unspecified atom stereocenters. The number of carbonyl (C=O) groups excluding carboxylic acids is 1. The monoisotopic (exact) mass is 397 g/mol. The first kappa shape index (κ1) is 18.7. The largest absolute Gasteiger partial charge is 0.457 e. The van der Waals surface area contributed by atoms with Crippen molar-refractivity contribution in [3.05, 3.63) is 76.9 Å². The molecule has 0 bridgehead atoms. The molecule has 28 heavy (non-hydrogen) atoms. The second-order valence-corrected chi connectivity index (χ2v) is 7.49. The van der Waals surface area contributed by atoms with Gasteiger partial charge >= 0.3 is 5.97 Å². The lowest BCUT2D eigenvalue weighted by Gasteiger charge is -2.28. The smallest absolute Gasteiger partial charge is 0.348 e. The van der Waals surface area contributed by atoms with Crippen LogP contribution in [0.15, 0.2) is 60.7 Å². The van der Waals surface area contributed by atoms with Crippen LogP contribution in [0.3, 0.4) is 0 Å². The Morgan fingerprint density at radius 3 is 2.54 bits per heavy atom. The first-order valence-corrected chi connectivity index (χ1v) is 9.96. The van der Waals surface area contributed by atoms with Gasteiger partial charge in [-0.3, -0.25) is 0 Å². The minimum Gasteiger partial charge on any atom is -0.457 e. The lowest BCUT2D eigenvalue weighted by molar-refractivity contribution is 0.0475. The molecule has 1 aliphatic rings. The van der Waals surface area contributed by atoms with Crippen LogP contribution in [-0.2, 0) is 16.1 Å². The zero-order valence-electron chi connectivity index (χ0n) is 15.3. The number of anilines is 1. The van der Waals surface area contributed by atoms with E-state index in [0.717, 1.165) is 29.2 Å². The van der Waals surface area contributed by atoms with Gasteiger partial charge in [-0.25, -0.2) is 9.18 Å². The molecule has 1 aliphatic heterocycles. The number of ether oxygens (including phenoxy) is 2. The van der Waals surface area contributed by atoms with Crippen molar-refractivity contribution in [2.45, 2.75) is 6.61 Å². The number of rotatable bonds is 5. The highest BCUT2D eigenvalue weighted by Crippen LogP contribution is 2.39. The molecule has 0 amide bonds. The van der Waals surface area contributed by atoms with Crippen LogP contribution < -0.4 is 4.90 Å². The predicted octanol–water partition coefficient (Wildman–Crippen LogP) is 4.75. The number of carbonyl (C=O) groups is 1. The van der Waals surface area contributed by atoms with Crippen molar-refractivity contribution in [2.75, 3.05) is 31.2 Å². The molecule has 4 nitrogen and oxygen atoms in total. The molecule has 144 valence electrons. The number of halogens is 1. The summed E-state index contributed by atoms with van der Waals surface area (Å²) in [6.45, 7) is 2.81. The summed E-state index contributed by atoms with van der Waals surface area (Å²) in [6, 6.07) is 18.2. The van der Waals surface area contributed by atoms with Crippen molar-refractivity contribution in [3.8, 4) is 11.1 Å².